The third kappa shape index (κ3) is 6.48. The molecule has 0 aromatic heterocycles. The lowest BCUT2D eigenvalue weighted by Crippen LogP contribution is -2.65. The van der Waals surface area contributed by atoms with Gasteiger partial charge in [0.2, 0.25) is 6.29 Å². The maximum atomic E-state index is 11.4. The zero-order valence-corrected chi connectivity index (χ0v) is 14.9. The van der Waals surface area contributed by atoms with Crippen LogP contribution in [0.4, 0.5) is 0 Å². The zero-order chi connectivity index (χ0) is 19.1. The molecule has 0 bridgehead atoms. The molecule has 0 aromatic rings. The molecule has 0 saturated carbocycles. The van der Waals surface area contributed by atoms with Crippen molar-refractivity contribution in [2.24, 2.45) is 0 Å². The van der Waals surface area contributed by atoms with Crippen molar-refractivity contribution in [2.45, 2.75) is 58.3 Å². The Hall–Kier alpha value is -1.91. The monoisotopic (exact) mass is 381 g/mol. The Morgan fingerprint density at radius 3 is 1.84 bits per heavy atom. The maximum Gasteiger partial charge on any atom is 0.304 e. The van der Waals surface area contributed by atoms with Gasteiger partial charge in [0.15, 0.2) is 12.2 Å². The van der Waals surface area contributed by atoms with E-state index in [1.165, 1.54) is 6.92 Å². The van der Waals surface area contributed by atoms with Gasteiger partial charge in [0.1, 0.15) is 18.8 Å². The average Bonchev–Trinajstić information content (AvgIpc) is 2.46. The number of hydrogen-bond acceptors (Lipinski definition) is 10. The van der Waals surface area contributed by atoms with Crippen LogP contribution in [0.25, 0.3) is 0 Å². The second-order valence-corrected chi connectivity index (χ2v) is 5.46. The van der Waals surface area contributed by atoms with Crippen LogP contribution in [0, 0.1) is 0 Å². The fraction of sp³-hybridized carbons (Fsp3) is 0.714. The molecule has 1 saturated heterocycles. The molecule has 1 heterocycles. The SMILES string of the molecule is CC(=O)OC[C@H]1OC(OC(C)=O)[C@H](NCl)[C@@H](OC(C)=O)[C@@H]1OC(C)=O. The molecule has 25 heavy (non-hydrogen) atoms. The number of nitrogens with one attached hydrogen (secondary N) is 1. The molecule has 142 valence electrons. The number of carbonyl (C=O) groups excluding carboxylic acids is 4. The van der Waals surface area contributed by atoms with Crippen molar-refractivity contribution in [1.82, 2.24) is 4.84 Å². The predicted molar refractivity (Wildman–Crippen MR) is 80.9 cm³/mol. The van der Waals surface area contributed by atoms with Gasteiger partial charge >= 0.3 is 23.9 Å². The van der Waals surface area contributed by atoms with Crippen LogP contribution in [-0.4, -0.2) is 61.1 Å². The molecule has 1 N–H and O–H groups in total. The minimum absolute atomic E-state index is 0.322. The van der Waals surface area contributed by atoms with Crippen molar-refractivity contribution in [3.05, 3.63) is 0 Å². The van der Waals surface area contributed by atoms with Gasteiger partial charge in [0.05, 0.1) is 0 Å². The van der Waals surface area contributed by atoms with E-state index >= 15 is 0 Å². The molecule has 1 fully saturated rings. The fourth-order valence-corrected chi connectivity index (χ4v) is 2.51. The van der Waals surface area contributed by atoms with E-state index in [9.17, 15) is 19.2 Å². The maximum absolute atomic E-state index is 11.4. The summed E-state index contributed by atoms with van der Waals surface area (Å²) < 4.78 is 25.8. The molecule has 1 unspecified atom stereocenters. The molecular formula is C14H20ClNO9. The van der Waals surface area contributed by atoms with Crippen molar-refractivity contribution >= 4 is 35.7 Å². The van der Waals surface area contributed by atoms with E-state index in [0.717, 1.165) is 20.8 Å². The molecule has 1 aliphatic heterocycles. The van der Waals surface area contributed by atoms with E-state index in [1.807, 2.05) is 0 Å². The van der Waals surface area contributed by atoms with E-state index < -0.39 is 54.5 Å². The van der Waals surface area contributed by atoms with Gasteiger partial charge in [-0.2, -0.15) is 0 Å². The number of halogens is 1. The smallest absolute Gasteiger partial charge is 0.304 e. The van der Waals surface area contributed by atoms with Gasteiger partial charge in [-0.25, -0.2) is 4.84 Å². The highest BCUT2D eigenvalue weighted by atomic mass is 35.5. The van der Waals surface area contributed by atoms with Crippen LogP contribution in [0.15, 0.2) is 0 Å². The summed E-state index contributed by atoms with van der Waals surface area (Å²) in [4.78, 5) is 47.5. The lowest BCUT2D eigenvalue weighted by molar-refractivity contribution is -0.269. The summed E-state index contributed by atoms with van der Waals surface area (Å²) >= 11 is 5.68. The predicted octanol–water partition coefficient (Wildman–Crippen LogP) is -0.187. The first kappa shape index (κ1) is 21.1. The van der Waals surface area contributed by atoms with Gasteiger partial charge in [0.25, 0.3) is 0 Å². The first-order valence-corrected chi connectivity index (χ1v) is 7.70. The van der Waals surface area contributed by atoms with Crippen LogP contribution in [0.3, 0.4) is 0 Å². The summed E-state index contributed by atoms with van der Waals surface area (Å²) in [7, 11) is 0. The molecule has 1 aliphatic rings. The third-order valence-corrected chi connectivity index (χ3v) is 3.36. The summed E-state index contributed by atoms with van der Waals surface area (Å²) in [5.74, 6) is -2.65. The van der Waals surface area contributed by atoms with Crippen molar-refractivity contribution in [3.63, 3.8) is 0 Å². The Labute approximate surface area is 149 Å². The first-order valence-electron chi connectivity index (χ1n) is 7.32. The van der Waals surface area contributed by atoms with E-state index in [-0.39, 0.29) is 6.61 Å². The number of hydrogen-bond donors (Lipinski definition) is 1. The summed E-state index contributed by atoms with van der Waals surface area (Å²) in [6.45, 7) is 4.30. The van der Waals surface area contributed by atoms with Gasteiger partial charge in [-0.15, -0.1) is 0 Å². The Kier molecular flexibility index (Phi) is 8.07. The quantitative estimate of drug-likeness (QED) is 0.375. The lowest BCUT2D eigenvalue weighted by atomic mass is 9.97. The Morgan fingerprint density at radius 2 is 1.40 bits per heavy atom. The van der Waals surface area contributed by atoms with E-state index in [4.69, 9.17) is 35.5 Å². The standard InChI is InChI=1S/C14H20ClNO9/c1-6(17)21-5-10-12(22-7(2)18)13(23-8(3)19)11(16-15)14(25-10)24-9(4)20/h10-14,16H,5H2,1-4H3/t10-,11-,12-,13-,14?/m1/s1. The normalized spacial score (nSPS) is 28.6. The largest absolute Gasteiger partial charge is 0.463 e. The Balaban J connectivity index is 3.16. The first-order chi connectivity index (χ1) is 11.6. The van der Waals surface area contributed by atoms with E-state index in [1.54, 1.807) is 0 Å². The summed E-state index contributed by atoms with van der Waals surface area (Å²) in [5.41, 5.74) is 0. The van der Waals surface area contributed by atoms with Crippen LogP contribution in [0.1, 0.15) is 27.7 Å². The second kappa shape index (κ2) is 9.54. The van der Waals surface area contributed by atoms with Crippen LogP contribution < -0.4 is 4.84 Å². The topological polar surface area (TPSA) is 126 Å². The Bertz CT molecular complexity index is 526. The van der Waals surface area contributed by atoms with Crippen LogP contribution in [-0.2, 0) is 42.9 Å². The highest BCUT2D eigenvalue weighted by Crippen LogP contribution is 2.28. The number of rotatable bonds is 6. The molecule has 1 rings (SSSR count). The van der Waals surface area contributed by atoms with Crippen LogP contribution in [0.2, 0.25) is 0 Å². The summed E-state index contributed by atoms with van der Waals surface area (Å²) in [5, 5.41) is 0. The molecule has 0 aromatic carbocycles. The Morgan fingerprint density at radius 1 is 0.880 bits per heavy atom. The van der Waals surface area contributed by atoms with E-state index in [2.05, 4.69) is 4.84 Å². The molecule has 0 aliphatic carbocycles. The second-order valence-electron chi connectivity index (χ2n) is 5.24. The molecular weight excluding hydrogens is 362 g/mol. The summed E-state index contributed by atoms with van der Waals surface area (Å²) in [6, 6.07) is -1.03. The van der Waals surface area contributed by atoms with E-state index in [0.29, 0.717) is 0 Å². The fourth-order valence-electron chi connectivity index (χ4n) is 2.28. The highest BCUT2D eigenvalue weighted by molar-refractivity contribution is 6.13. The molecule has 0 spiro atoms. The number of carbonyl (C=O) groups is 4. The average molecular weight is 382 g/mol. The minimum atomic E-state index is -1.27. The number of esters is 4. The van der Waals surface area contributed by atoms with Crippen LogP contribution in [0.5, 0.6) is 0 Å². The van der Waals surface area contributed by atoms with Crippen molar-refractivity contribution in [2.75, 3.05) is 6.61 Å². The lowest BCUT2D eigenvalue weighted by Gasteiger charge is -2.43. The molecule has 5 atom stereocenters. The van der Waals surface area contributed by atoms with Crippen molar-refractivity contribution < 1.29 is 42.9 Å². The molecule has 11 heteroatoms. The minimum Gasteiger partial charge on any atom is -0.463 e. The third-order valence-electron chi connectivity index (χ3n) is 3.11. The van der Waals surface area contributed by atoms with Gasteiger partial charge in [-0.1, -0.05) is 0 Å². The van der Waals surface area contributed by atoms with Crippen LogP contribution >= 0.6 is 11.8 Å². The highest BCUT2D eigenvalue weighted by Gasteiger charge is 2.51. The van der Waals surface area contributed by atoms with Gasteiger partial charge in [-0.05, 0) is 11.8 Å². The van der Waals surface area contributed by atoms with Crippen molar-refractivity contribution in [3.8, 4) is 0 Å². The van der Waals surface area contributed by atoms with Gasteiger partial charge in [0, 0.05) is 27.7 Å². The van der Waals surface area contributed by atoms with Crippen molar-refractivity contribution in [1.29, 1.82) is 0 Å². The molecule has 0 radical (unpaired) electrons. The zero-order valence-electron chi connectivity index (χ0n) is 14.1. The number of ether oxygens (including phenoxy) is 5. The van der Waals surface area contributed by atoms with Gasteiger partial charge in [-0.3, -0.25) is 19.2 Å². The van der Waals surface area contributed by atoms with Gasteiger partial charge < -0.3 is 23.7 Å². The summed E-state index contributed by atoms with van der Waals surface area (Å²) in [6.07, 6.45) is -4.63. The molecule has 10 nitrogen and oxygen atoms in total. The molecule has 0 amide bonds.